The summed E-state index contributed by atoms with van der Waals surface area (Å²) in [4.78, 5) is 17.8. The molecule has 0 aliphatic heterocycles. The van der Waals surface area contributed by atoms with E-state index in [1.54, 1.807) is 13.2 Å². The Morgan fingerprint density at radius 2 is 1.95 bits per heavy atom. The molecule has 6 nitrogen and oxygen atoms in total. The van der Waals surface area contributed by atoms with Gasteiger partial charge in [-0.1, -0.05) is 18.2 Å². The summed E-state index contributed by atoms with van der Waals surface area (Å²) in [6, 6.07) is 12.2. The van der Waals surface area contributed by atoms with Gasteiger partial charge in [0.05, 0.1) is 23.1 Å². The topological polar surface area (TPSA) is 81.1 Å². The molecule has 0 atom stereocenters. The number of rotatable bonds is 4. The minimum Gasteiger partial charge on any atom is -0.497 e. The van der Waals surface area contributed by atoms with Gasteiger partial charge < -0.3 is 9.72 Å². The predicted molar refractivity (Wildman–Crippen MR) is 84.7 cm³/mol. The first-order valence-corrected chi connectivity index (χ1v) is 6.62. The van der Waals surface area contributed by atoms with Gasteiger partial charge in [0.15, 0.2) is 0 Å². The quantitative estimate of drug-likeness (QED) is 0.588. The Morgan fingerprint density at radius 3 is 2.64 bits per heavy atom. The third-order valence-electron chi connectivity index (χ3n) is 3.24. The number of non-ortho nitro benzene ring substituents is 1. The van der Waals surface area contributed by atoms with Crippen LogP contribution in [0, 0.1) is 10.1 Å². The van der Waals surface area contributed by atoms with Crippen LogP contribution >= 0.6 is 0 Å². The highest BCUT2D eigenvalue weighted by atomic mass is 16.6. The molecule has 2 aromatic carbocycles. The molecule has 3 rings (SSSR count). The number of H-pyrrole nitrogens is 1. The second-order valence-corrected chi connectivity index (χ2v) is 4.69. The zero-order chi connectivity index (χ0) is 15.5. The lowest BCUT2D eigenvalue weighted by atomic mass is 10.2. The summed E-state index contributed by atoms with van der Waals surface area (Å²) >= 11 is 0. The van der Waals surface area contributed by atoms with Crippen molar-refractivity contribution < 1.29 is 9.66 Å². The summed E-state index contributed by atoms with van der Waals surface area (Å²) < 4.78 is 5.10. The van der Waals surface area contributed by atoms with Gasteiger partial charge in [0, 0.05) is 12.1 Å². The maximum absolute atomic E-state index is 10.8. The molecule has 0 unspecified atom stereocenters. The summed E-state index contributed by atoms with van der Waals surface area (Å²) in [5, 5.41) is 10.8. The van der Waals surface area contributed by atoms with E-state index in [4.69, 9.17) is 4.74 Å². The first kappa shape index (κ1) is 13.8. The van der Waals surface area contributed by atoms with Gasteiger partial charge in [-0.05, 0) is 29.8 Å². The van der Waals surface area contributed by atoms with Gasteiger partial charge in [-0.25, -0.2) is 4.98 Å². The largest absolute Gasteiger partial charge is 0.497 e. The highest BCUT2D eigenvalue weighted by molar-refractivity contribution is 5.80. The van der Waals surface area contributed by atoms with Gasteiger partial charge >= 0.3 is 0 Å². The van der Waals surface area contributed by atoms with Crippen molar-refractivity contribution in [2.24, 2.45) is 0 Å². The number of nitro benzene ring substituents is 1. The number of nitrogens with one attached hydrogen (secondary N) is 1. The standard InChI is InChI=1S/C16H13N3O3/c1-22-13-6-2-11(3-7-13)4-9-16-17-14-8-5-12(19(20)21)10-15(14)18-16/h2-10H,1H3,(H,17,18). The molecule has 0 saturated heterocycles. The van der Waals surface area contributed by atoms with Gasteiger partial charge in [0.25, 0.3) is 5.69 Å². The summed E-state index contributed by atoms with van der Waals surface area (Å²) in [5.41, 5.74) is 2.39. The molecule has 0 saturated carbocycles. The van der Waals surface area contributed by atoms with Gasteiger partial charge in [0.1, 0.15) is 11.6 Å². The Kier molecular flexibility index (Phi) is 3.57. The van der Waals surface area contributed by atoms with Crippen LogP contribution in [-0.4, -0.2) is 22.0 Å². The maximum Gasteiger partial charge on any atom is 0.271 e. The fraction of sp³-hybridized carbons (Fsp3) is 0.0625. The second-order valence-electron chi connectivity index (χ2n) is 4.69. The van der Waals surface area contributed by atoms with E-state index >= 15 is 0 Å². The average molecular weight is 295 g/mol. The molecule has 0 spiro atoms. The Hall–Kier alpha value is -3.15. The Balaban J connectivity index is 1.86. The number of hydrogen-bond donors (Lipinski definition) is 1. The van der Waals surface area contributed by atoms with Gasteiger partial charge in [-0.2, -0.15) is 0 Å². The zero-order valence-corrected chi connectivity index (χ0v) is 11.8. The smallest absolute Gasteiger partial charge is 0.271 e. The number of nitro groups is 1. The van der Waals surface area contributed by atoms with E-state index in [1.165, 1.54) is 12.1 Å². The number of fused-ring (bicyclic) bond motifs is 1. The van der Waals surface area contributed by atoms with Crippen molar-refractivity contribution in [1.82, 2.24) is 9.97 Å². The van der Waals surface area contributed by atoms with Crippen LogP contribution < -0.4 is 4.74 Å². The van der Waals surface area contributed by atoms with Crippen LogP contribution in [0.1, 0.15) is 11.4 Å². The van der Waals surface area contributed by atoms with Crippen LogP contribution in [0.2, 0.25) is 0 Å². The minimum atomic E-state index is -0.423. The molecule has 0 bridgehead atoms. The van der Waals surface area contributed by atoms with E-state index in [9.17, 15) is 10.1 Å². The zero-order valence-electron chi connectivity index (χ0n) is 11.8. The predicted octanol–water partition coefficient (Wildman–Crippen LogP) is 3.65. The molecule has 1 heterocycles. The van der Waals surface area contributed by atoms with Crippen molar-refractivity contribution in [2.75, 3.05) is 7.11 Å². The molecule has 110 valence electrons. The van der Waals surface area contributed by atoms with Crippen molar-refractivity contribution >= 4 is 28.9 Å². The number of aromatic nitrogens is 2. The third kappa shape index (κ3) is 2.80. The van der Waals surface area contributed by atoms with Crippen molar-refractivity contribution in [3.05, 3.63) is 64.0 Å². The van der Waals surface area contributed by atoms with Crippen molar-refractivity contribution in [2.45, 2.75) is 0 Å². The molecule has 0 aliphatic carbocycles. The molecule has 22 heavy (non-hydrogen) atoms. The Morgan fingerprint density at radius 1 is 1.18 bits per heavy atom. The van der Waals surface area contributed by atoms with E-state index < -0.39 is 4.92 Å². The summed E-state index contributed by atoms with van der Waals surface area (Å²) in [5.74, 6) is 1.44. The number of imidazole rings is 1. The van der Waals surface area contributed by atoms with E-state index in [2.05, 4.69) is 9.97 Å². The molecule has 3 aromatic rings. The number of methoxy groups -OCH3 is 1. The van der Waals surface area contributed by atoms with Crippen molar-refractivity contribution in [3.8, 4) is 5.75 Å². The molecule has 0 amide bonds. The number of ether oxygens (including phenoxy) is 1. The van der Waals surface area contributed by atoms with Crippen LogP contribution in [0.15, 0.2) is 42.5 Å². The maximum atomic E-state index is 10.8. The SMILES string of the molecule is COc1ccc(C=Cc2nc3ccc([N+](=O)[O-])cc3[nH]2)cc1. The number of nitrogens with zero attached hydrogens (tertiary/aromatic N) is 2. The van der Waals surface area contributed by atoms with Crippen LogP contribution in [-0.2, 0) is 0 Å². The molecule has 1 N–H and O–H groups in total. The van der Waals surface area contributed by atoms with Crippen molar-refractivity contribution in [3.63, 3.8) is 0 Å². The lowest BCUT2D eigenvalue weighted by Crippen LogP contribution is -1.86. The van der Waals surface area contributed by atoms with Crippen LogP contribution in [0.3, 0.4) is 0 Å². The van der Waals surface area contributed by atoms with Crippen LogP contribution in [0.4, 0.5) is 5.69 Å². The second kappa shape index (κ2) is 5.69. The monoisotopic (exact) mass is 295 g/mol. The van der Waals surface area contributed by atoms with Crippen LogP contribution in [0.5, 0.6) is 5.75 Å². The lowest BCUT2D eigenvalue weighted by Gasteiger charge is -1.98. The van der Waals surface area contributed by atoms with Gasteiger partial charge in [0.2, 0.25) is 0 Å². The highest BCUT2D eigenvalue weighted by Gasteiger charge is 2.08. The Labute approximate surface area is 126 Å². The first-order chi connectivity index (χ1) is 10.7. The fourth-order valence-electron chi connectivity index (χ4n) is 2.10. The van der Waals surface area contributed by atoms with Gasteiger partial charge in [-0.3, -0.25) is 10.1 Å². The molecular weight excluding hydrogens is 282 g/mol. The fourth-order valence-corrected chi connectivity index (χ4v) is 2.10. The average Bonchev–Trinajstić information content (AvgIpc) is 2.95. The molecule has 1 aromatic heterocycles. The molecule has 0 fully saturated rings. The van der Waals surface area contributed by atoms with E-state index in [0.29, 0.717) is 16.9 Å². The van der Waals surface area contributed by atoms with E-state index in [1.807, 2.05) is 36.4 Å². The summed E-state index contributed by atoms with van der Waals surface area (Å²) in [6.07, 6.45) is 3.74. The molecule has 6 heteroatoms. The van der Waals surface area contributed by atoms with E-state index in [0.717, 1.165) is 11.3 Å². The summed E-state index contributed by atoms with van der Waals surface area (Å²) in [6.45, 7) is 0. The number of aromatic amines is 1. The molecule has 0 aliphatic rings. The Bertz CT molecular complexity index is 851. The summed E-state index contributed by atoms with van der Waals surface area (Å²) in [7, 11) is 1.62. The first-order valence-electron chi connectivity index (χ1n) is 6.62. The normalized spacial score (nSPS) is 11.1. The lowest BCUT2D eigenvalue weighted by molar-refractivity contribution is -0.384. The molecule has 0 radical (unpaired) electrons. The van der Waals surface area contributed by atoms with E-state index in [-0.39, 0.29) is 5.69 Å². The minimum absolute atomic E-state index is 0.0434. The third-order valence-corrected chi connectivity index (χ3v) is 3.24. The van der Waals surface area contributed by atoms with Gasteiger partial charge in [-0.15, -0.1) is 0 Å². The number of benzene rings is 2. The number of hydrogen-bond acceptors (Lipinski definition) is 4. The van der Waals surface area contributed by atoms with Crippen molar-refractivity contribution in [1.29, 1.82) is 0 Å². The van der Waals surface area contributed by atoms with Crippen LogP contribution in [0.25, 0.3) is 23.2 Å². The highest BCUT2D eigenvalue weighted by Crippen LogP contribution is 2.20. The molecular formula is C16H13N3O3.